The molecule has 1 N–H and O–H groups in total. The minimum atomic E-state index is -0.680. The molecule has 124 valence electrons. The van der Waals surface area contributed by atoms with Crippen molar-refractivity contribution in [2.45, 2.75) is 26.4 Å². The number of ether oxygens (including phenoxy) is 2. The van der Waals surface area contributed by atoms with E-state index in [1.54, 1.807) is 24.3 Å². The third-order valence-corrected chi connectivity index (χ3v) is 3.50. The predicted molar refractivity (Wildman–Crippen MR) is 85.0 cm³/mol. The lowest BCUT2D eigenvalue weighted by Gasteiger charge is -2.15. The first-order valence-corrected chi connectivity index (χ1v) is 7.51. The number of para-hydroxylation sites is 1. The van der Waals surface area contributed by atoms with E-state index in [1.165, 1.54) is 7.11 Å². The van der Waals surface area contributed by atoms with E-state index in [1.807, 2.05) is 13.8 Å². The number of imide groups is 1. The summed E-state index contributed by atoms with van der Waals surface area (Å²) in [5.74, 6) is -1.30. The van der Waals surface area contributed by atoms with Crippen molar-refractivity contribution in [2.75, 3.05) is 20.3 Å². The fourth-order valence-electron chi connectivity index (χ4n) is 2.40. The normalized spacial score (nSPS) is 15.0. The van der Waals surface area contributed by atoms with Crippen LogP contribution in [-0.4, -0.2) is 48.2 Å². The lowest BCUT2D eigenvalue weighted by molar-refractivity contribution is -0.138. The molecule has 0 aliphatic carbocycles. The fourth-order valence-corrected chi connectivity index (χ4v) is 2.40. The second kappa shape index (κ2) is 7.28. The van der Waals surface area contributed by atoms with Gasteiger partial charge in [0.1, 0.15) is 5.75 Å². The predicted octanol–water partition coefficient (Wildman–Crippen LogP) is 2.15. The Morgan fingerprint density at radius 2 is 1.87 bits per heavy atom. The first-order valence-electron chi connectivity index (χ1n) is 7.51. The van der Waals surface area contributed by atoms with Crippen LogP contribution in [0.5, 0.6) is 5.75 Å². The van der Waals surface area contributed by atoms with E-state index >= 15 is 0 Å². The SMILES string of the molecule is COc1ccccc1C1=C(O)C(=O)N(CCCOC(C)C)C1=O. The average molecular weight is 319 g/mol. The summed E-state index contributed by atoms with van der Waals surface area (Å²) in [6.07, 6.45) is 0.609. The number of benzene rings is 1. The van der Waals surface area contributed by atoms with E-state index in [0.29, 0.717) is 24.3 Å². The van der Waals surface area contributed by atoms with Crippen LogP contribution in [0.2, 0.25) is 0 Å². The summed E-state index contributed by atoms with van der Waals surface area (Å²) in [5.41, 5.74) is 0.393. The topological polar surface area (TPSA) is 76.1 Å². The summed E-state index contributed by atoms with van der Waals surface area (Å²) in [6.45, 7) is 4.48. The van der Waals surface area contributed by atoms with Crippen molar-refractivity contribution in [1.82, 2.24) is 4.90 Å². The molecule has 0 saturated carbocycles. The van der Waals surface area contributed by atoms with E-state index in [4.69, 9.17) is 9.47 Å². The van der Waals surface area contributed by atoms with Crippen molar-refractivity contribution in [3.05, 3.63) is 35.6 Å². The fraction of sp³-hybridized carbons (Fsp3) is 0.412. The van der Waals surface area contributed by atoms with E-state index in [9.17, 15) is 14.7 Å². The lowest BCUT2D eigenvalue weighted by Crippen LogP contribution is -2.33. The van der Waals surface area contributed by atoms with Gasteiger partial charge in [-0.3, -0.25) is 14.5 Å². The minimum Gasteiger partial charge on any atom is -0.502 e. The number of amides is 2. The molecule has 1 aromatic carbocycles. The Balaban J connectivity index is 2.16. The van der Waals surface area contributed by atoms with Crippen LogP contribution in [0.3, 0.4) is 0 Å². The molecule has 0 bridgehead atoms. The first-order chi connectivity index (χ1) is 11.0. The summed E-state index contributed by atoms with van der Waals surface area (Å²) >= 11 is 0. The third-order valence-electron chi connectivity index (χ3n) is 3.50. The molecule has 2 amide bonds. The molecule has 0 unspecified atom stereocenters. The molecular formula is C17H21NO5. The zero-order chi connectivity index (χ0) is 17.0. The van der Waals surface area contributed by atoms with E-state index < -0.39 is 17.6 Å². The third kappa shape index (κ3) is 3.53. The molecule has 6 heteroatoms. The number of carbonyl (C=O) groups is 2. The maximum Gasteiger partial charge on any atom is 0.296 e. The van der Waals surface area contributed by atoms with Crippen molar-refractivity contribution < 1.29 is 24.2 Å². The van der Waals surface area contributed by atoms with Crippen LogP contribution < -0.4 is 4.74 Å². The van der Waals surface area contributed by atoms with Crippen LogP contribution in [-0.2, 0) is 14.3 Å². The molecule has 1 aliphatic rings. The monoisotopic (exact) mass is 319 g/mol. The summed E-state index contributed by atoms with van der Waals surface area (Å²) in [4.78, 5) is 25.7. The van der Waals surface area contributed by atoms with Crippen LogP contribution in [0.1, 0.15) is 25.8 Å². The second-order valence-corrected chi connectivity index (χ2v) is 5.46. The lowest BCUT2D eigenvalue weighted by atomic mass is 10.0. The molecule has 0 atom stereocenters. The summed E-state index contributed by atoms with van der Waals surface area (Å²) in [5, 5.41) is 10.1. The van der Waals surface area contributed by atoms with Crippen LogP contribution in [0.15, 0.2) is 30.0 Å². The van der Waals surface area contributed by atoms with Gasteiger partial charge in [-0.1, -0.05) is 18.2 Å². The molecule has 1 aliphatic heterocycles. The maximum absolute atomic E-state index is 12.5. The Bertz CT molecular complexity index is 636. The molecule has 23 heavy (non-hydrogen) atoms. The number of hydrogen-bond acceptors (Lipinski definition) is 5. The van der Waals surface area contributed by atoms with Crippen molar-refractivity contribution in [3.8, 4) is 5.75 Å². The van der Waals surface area contributed by atoms with Crippen LogP contribution >= 0.6 is 0 Å². The molecule has 6 nitrogen and oxygen atoms in total. The highest BCUT2D eigenvalue weighted by Gasteiger charge is 2.39. The van der Waals surface area contributed by atoms with Gasteiger partial charge in [-0.05, 0) is 26.3 Å². The van der Waals surface area contributed by atoms with Crippen molar-refractivity contribution in [2.24, 2.45) is 0 Å². The number of aliphatic hydroxyl groups excluding tert-OH is 1. The summed E-state index contributed by atoms with van der Waals surface area (Å²) in [7, 11) is 1.47. The van der Waals surface area contributed by atoms with Crippen molar-refractivity contribution >= 4 is 17.4 Å². The first kappa shape index (κ1) is 17.0. The molecule has 0 aromatic heterocycles. The highest BCUT2D eigenvalue weighted by Crippen LogP contribution is 2.33. The minimum absolute atomic E-state index is 0.0165. The van der Waals surface area contributed by atoms with Gasteiger partial charge < -0.3 is 14.6 Å². The number of nitrogens with zero attached hydrogens (tertiary/aromatic N) is 1. The molecule has 0 saturated heterocycles. The molecule has 2 rings (SSSR count). The average Bonchev–Trinajstić information content (AvgIpc) is 2.74. The molecule has 1 aromatic rings. The molecule has 0 radical (unpaired) electrons. The molecule has 1 heterocycles. The van der Waals surface area contributed by atoms with E-state index in [-0.39, 0.29) is 18.2 Å². The van der Waals surface area contributed by atoms with Crippen molar-refractivity contribution in [1.29, 1.82) is 0 Å². The van der Waals surface area contributed by atoms with Gasteiger partial charge in [0, 0.05) is 18.7 Å². The Morgan fingerprint density at radius 1 is 1.17 bits per heavy atom. The van der Waals surface area contributed by atoms with Gasteiger partial charge in [-0.15, -0.1) is 0 Å². The number of aliphatic hydroxyl groups is 1. The summed E-state index contributed by atoms with van der Waals surface area (Å²) < 4.78 is 10.6. The quantitative estimate of drug-likeness (QED) is 0.615. The van der Waals surface area contributed by atoms with Crippen LogP contribution in [0, 0.1) is 0 Å². The number of rotatable bonds is 7. The van der Waals surface area contributed by atoms with Gasteiger partial charge in [-0.2, -0.15) is 0 Å². The standard InChI is InChI=1S/C17H21NO5/c1-11(2)23-10-6-9-18-16(20)14(15(19)17(18)21)12-7-4-5-8-13(12)22-3/h4-5,7-8,11,19H,6,9-10H2,1-3H3. The largest absolute Gasteiger partial charge is 0.502 e. The Labute approximate surface area is 135 Å². The Hall–Kier alpha value is -2.34. The maximum atomic E-state index is 12.5. The van der Waals surface area contributed by atoms with Gasteiger partial charge >= 0.3 is 0 Å². The molecular weight excluding hydrogens is 298 g/mol. The smallest absolute Gasteiger partial charge is 0.296 e. The van der Waals surface area contributed by atoms with Gasteiger partial charge in [0.15, 0.2) is 5.76 Å². The Kier molecular flexibility index (Phi) is 5.39. The highest BCUT2D eigenvalue weighted by atomic mass is 16.5. The zero-order valence-corrected chi connectivity index (χ0v) is 13.5. The van der Waals surface area contributed by atoms with E-state index in [0.717, 1.165) is 4.90 Å². The van der Waals surface area contributed by atoms with Gasteiger partial charge in [0.25, 0.3) is 11.8 Å². The van der Waals surface area contributed by atoms with Gasteiger partial charge in [-0.25, -0.2) is 0 Å². The Morgan fingerprint density at radius 3 is 2.52 bits per heavy atom. The van der Waals surface area contributed by atoms with Gasteiger partial charge in [0.2, 0.25) is 0 Å². The van der Waals surface area contributed by atoms with Crippen LogP contribution in [0.4, 0.5) is 0 Å². The van der Waals surface area contributed by atoms with Crippen LogP contribution in [0.25, 0.3) is 5.57 Å². The van der Waals surface area contributed by atoms with Gasteiger partial charge in [0.05, 0.1) is 18.8 Å². The number of methoxy groups -OCH3 is 1. The highest BCUT2D eigenvalue weighted by molar-refractivity contribution is 6.35. The second-order valence-electron chi connectivity index (χ2n) is 5.46. The van der Waals surface area contributed by atoms with E-state index in [2.05, 4.69) is 0 Å². The zero-order valence-electron chi connectivity index (χ0n) is 13.5. The molecule has 0 fully saturated rings. The molecule has 0 spiro atoms. The summed E-state index contributed by atoms with van der Waals surface area (Å²) in [6, 6.07) is 6.78. The van der Waals surface area contributed by atoms with Crippen molar-refractivity contribution in [3.63, 3.8) is 0 Å². The number of hydrogen-bond donors (Lipinski definition) is 1. The number of carbonyl (C=O) groups excluding carboxylic acids is 2.